The van der Waals surface area contributed by atoms with Crippen LogP contribution in [0, 0.1) is 0 Å². The van der Waals surface area contributed by atoms with Crippen molar-refractivity contribution in [3.05, 3.63) is 271 Å². The van der Waals surface area contributed by atoms with Crippen LogP contribution in [0.25, 0.3) is 55.3 Å². The molecule has 0 fully saturated rings. The molecule has 0 heterocycles. The van der Waals surface area contributed by atoms with Gasteiger partial charge in [-0.25, -0.2) is 0 Å². The van der Waals surface area contributed by atoms with Crippen molar-refractivity contribution >= 4 is 27.8 Å². The van der Waals surface area contributed by atoms with Gasteiger partial charge in [-0.15, -0.1) is 0 Å². The third kappa shape index (κ3) is 5.78. The van der Waals surface area contributed by atoms with Crippen molar-refractivity contribution in [2.75, 3.05) is 4.90 Å². The number of hydrogen-bond donors (Lipinski definition) is 0. The molecule has 60 heavy (non-hydrogen) atoms. The molecular formula is C59H41N. The smallest absolute Gasteiger partial charge is 0.0719 e. The third-order valence-corrected chi connectivity index (χ3v) is 12.3. The zero-order valence-electron chi connectivity index (χ0n) is 33.1. The fourth-order valence-corrected chi connectivity index (χ4v) is 9.73. The predicted octanol–water partition coefficient (Wildman–Crippen LogP) is 15.7. The second kappa shape index (κ2) is 14.9. The van der Waals surface area contributed by atoms with Gasteiger partial charge < -0.3 is 4.90 Å². The molecular weight excluding hydrogens is 723 g/mol. The first-order valence-corrected chi connectivity index (χ1v) is 20.8. The van der Waals surface area contributed by atoms with Crippen LogP contribution in [0.2, 0.25) is 0 Å². The Hall–Kier alpha value is -7.74. The van der Waals surface area contributed by atoms with Crippen LogP contribution in [-0.2, 0) is 5.41 Å². The maximum absolute atomic E-state index is 2.48. The van der Waals surface area contributed by atoms with E-state index in [1.165, 1.54) is 77.5 Å². The third-order valence-electron chi connectivity index (χ3n) is 12.3. The van der Waals surface area contributed by atoms with Gasteiger partial charge in [0.1, 0.15) is 0 Å². The second-order valence-corrected chi connectivity index (χ2v) is 15.6. The molecule has 0 unspecified atom stereocenters. The van der Waals surface area contributed by atoms with Crippen molar-refractivity contribution in [2.24, 2.45) is 0 Å². The lowest BCUT2D eigenvalue weighted by Gasteiger charge is -2.35. The summed E-state index contributed by atoms with van der Waals surface area (Å²) in [6, 6.07) is 91.1. The summed E-state index contributed by atoms with van der Waals surface area (Å²) >= 11 is 0. The van der Waals surface area contributed by atoms with Gasteiger partial charge in [-0.05, 0) is 109 Å². The van der Waals surface area contributed by atoms with Gasteiger partial charge in [0.2, 0.25) is 0 Å². The van der Waals surface area contributed by atoms with Gasteiger partial charge in [0.05, 0.1) is 11.1 Å². The van der Waals surface area contributed by atoms with E-state index in [0.29, 0.717) is 0 Å². The van der Waals surface area contributed by atoms with Crippen LogP contribution in [0.5, 0.6) is 0 Å². The van der Waals surface area contributed by atoms with Gasteiger partial charge in [-0.3, -0.25) is 0 Å². The van der Waals surface area contributed by atoms with Crippen LogP contribution in [-0.4, -0.2) is 0 Å². The van der Waals surface area contributed by atoms with E-state index in [4.69, 9.17) is 0 Å². The highest BCUT2D eigenvalue weighted by atomic mass is 15.1. The molecule has 0 amide bonds. The van der Waals surface area contributed by atoms with E-state index < -0.39 is 5.41 Å². The molecule has 10 aromatic rings. The lowest BCUT2D eigenvalue weighted by molar-refractivity contribution is 0.775. The van der Waals surface area contributed by atoms with Crippen LogP contribution in [0.3, 0.4) is 0 Å². The first-order chi connectivity index (χ1) is 29.8. The molecule has 0 spiro atoms. The summed E-state index contributed by atoms with van der Waals surface area (Å²) < 4.78 is 0. The van der Waals surface area contributed by atoms with Gasteiger partial charge in [0.15, 0.2) is 0 Å². The predicted molar refractivity (Wildman–Crippen MR) is 252 cm³/mol. The molecule has 1 nitrogen and oxygen atoms in total. The zero-order valence-corrected chi connectivity index (χ0v) is 33.1. The maximum Gasteiger partial charge on any atom is 0.0719 e. The minimum atomic E-state index is -0.556. The molecule has 1 aliphatic carbocycles. The lowest BCUT2D eigenvalue weighted by atomic mass is 9.66. The van der Waals surface area contributed by atoms with Crippen molar-refractivity contribution in [2.45, 2.75) is 5.41 Å². The molecule has 0 N–H and O–H groups in total. The van der Waals surface area contributed by atoms with Crippen molar-refractivity contribution in [1.29, 1.82) is 0 Å². The Balaban J connectivity index is 1.24. The highest BCUT2D eigenvalue weighted by Gasteiger charge is 2.47. The molecule has 282 valence electrons. The zero-order chi connectivity index (χ0) is 39.9. The Bertz CT molecular complexity index is 2960. The molecule has 1 aliphatic rings. The first kappa shape index (κ1) is 35.4. The fraction of sp³-hybridized carbons (Fsp3) is 0.0169. The highest BCUT2D eigenvalue weighted by Crippen LogP contribution is 2.60. The van der Waals surface area contributed by atoms with Crippen molar-refractivity contribution in [3.63, 3.8) is 0 Å². The normalized spacial score (nSPS) is 12.5. The Labute approximate surface area is 352 Å². The van der Waals surface area contributed by atoms with E-state index in [2.05, 4.69) is 254 Å². The Kier molecular flexibility index (Phi) is 8.79. The van der Waals surface area contributed by atoms with Crippen molar-refractivity contribution in [1.82, 2.24) is 0 Å². The van der Waals surface area contributed by atoms with Gasteiger partial charge >= 0.3 is 0 Å². The fourth-order valence-electron chi connectivity index (χ4n) is 9.73. The summed E-state index contributed by atoms with van der Waals surface area (Å²) in [5.74, 6) is 0. The number of rotatable bonds is 8. The number of nitrogens with zero attached hydrogens (tertiary/aromatic N) is 1. The molecule has 0 atom stereocenters. The summed E-state index contributed by atoms with van der Waals surface area (Å²) in [7, 11) is 0. The van der Waals surface area contributed by atoms with Crippen LogP contribution in [0.4, 0.5) is 17.1 Å². The minimum Gasteiger partial charge on any atom is -0.310 e. The number of anilines is 3. The van der Waals surface area contributed by atoms with E-state index in [1.54, 1.807) is 0 Å². The molecule has 0 aliphatic heterocycles. The van der Waals surface area contributed by atoms with Gasteiger partial charge in [0.25, 0.3) is 0 Å². The summed E-state index contributed by atoms with van der Waals surface area (Å²) in [5, 5.41) is 2.45. The van der Waals surface area contributed by atoms with Crippen LogP contribution in [0.15, 0.2) is 249 Å². The quantitative estimate of drug-likeness (QED) is 0.149. The molecule has 11 rings (SSSR count). The summed E-state index contributed by atoms with van der Waals surface area (Å²) in [5.41, 5.74) is 17.6. The average Bonchev–Trinajstić information content (AvgIpc) is 3.64. The Morgan fingerprint density at radius 1 is 0.300 bits per heavy atom. The van der Waals surface area contributed by atoms with Crippen LogP contribution < -0.4 is 4.90 Å². The SMILES string of the molecule is c1ccc(-c2ccc(N(c3ccc(-c4ccccc4)cc3)c3cccc4c5c(cc(-c6ccccc6)c34)-c3ccccc3C5(c3ccccc3)c3ccccc3)cc2)cc1. The summed E-state index contributed by atoms with van der Waals surface area (Å²) in [6.07, 6.45) is 0. The maximum atomic E-state index is 2.48. The minimum absolute atomic E-state index is 0.556. The van der Waals surface area contributed by atoms with E-state index in [1.807, 2.05) is 0 Å². The van der Waals surface area contributed by atoms with E-state index >= 15 is 0 Å². The standard InChI is InChI=1S/C59H41N/c1-6-19-42(20-7-1)44-33-37-49(38-34-44)60(50-39-35-45(36-40-50)43-21-8-2-9-22-43)56-32-18-30-52-57(56)53(46-23-10-3-11-24-46)41-54-51-29-16-17-31-55(51)59(58(52)54,47-25-12-4-13-26-47)48-27-14-5-15-28-48/h1-41H. The van der Waals surface area contributed by atoms with E-state index in [-0.39, 0.29) is 0 Å². The molecule has 0 bridgehead atoms. The summed E-state index contributed by atoms with van der Waals surface area (Å²) in [4.78, 5) is 2.46. The molecule has 1 heteroatoms. The second-order valence-electron chi connectivity index (χ2n) is 15.6. The van der Waals surface area contributed by atoms with Gasteiger partial charge in [-0.2, -0.15) is 0 Å². The van der Waals surface area contributed by atoms with Crippen molar-refractivity contribution in [3.8, 4) is 44.5 Å². The topological polar surface area (TPSA) is 3.24 Å². The first-order valence-electron chi connectivity index (χ1n) is 20.8. The van der Waals surface area contributed by atoms with Crippen LogP contribution in [0.1, 0.15) is 22.3 Å². The Morgan fingerprint density at radius 2 is 0.733 bits per heavy atom. The largest absolute Gasteiger partial charge is 0.310 e. The summed E-state index contributed by atoms with van der Waals surface area (Å²) in [6.45, 7) is 0. The number of fused-ring (bicyclic) bond motifs is 5. The monoisotopic (exact) mass is 763 g/mol. The lowest BCUT2D eigenvalue weighted by Crippen LogP contribution is -2.29. The van der Waals surface area contributed by atoms with Crippen molar-refractivity contribution < 1.29 is 0 Å². The molecule has 0 radical (unpaired) electrons. The average molecular weight is 764 g/mol. The molecule has 0 saturated heterocycles. The number of hydrogen-bond acceptors (Lipinski definition) is 1. The van der Waals surface area contributed by atoms with Crippen LogP contribution >= 0.6 is 0 Å². The van der Waals surface area contributed by atoms with E-state index in [0.717, 1.165) is 17.1 Å². The molecule has 0 aromatic heterocycles. The van der Waals surface area contributed by atoms with Gasteiger partial charge in [-0.1, -0.05) is 212 Å². The van der Waals surface area contributed by atoms with E-state index in [9.17, 15) is 0 Å². The molecule has 10 aromatic carbocycles. The Morgan fingerprint density at radius 3 is 1.25 bits per heavy atom. The molecule has 0 saturated carbocycles. The van der Waals surface area contributed by atoms with Gasteiger partial charge in [0, 0.05) is 16.8 Å². The highest BCUT2D eigenvalue weighted by molar-refractivity contribution is 6.14. The number of benzene rings is 10.